The predicted molar refractivity (Wildman–Crippen MR) is 81.8 cm³/mol. The topological polar surface area (TPSA) is 75.4 Å². The third-order valence-corrected chi connectivity index (χ3v) is 3.80. The molecule has 0 bridgehead atoms. The summed E-state index contributed by atoms with van der Waals surface area (Å²) in [6.07, 6.45) is 0. The van der Waals surface area contributed by atoms with E-state index in [1.807, 2.05) is 23.1 Å². The number of nitrogens with one attached hydrogen (secondary N) is 2. The Kier molecular flexibility index (Phi) is 3.32. The molecule has 1 aliphatic heterocycles. The molecule has 2 amide bonds. The maximum absolute atomic E-state index is 11.9. The molecule has 3 rings (SSSR count). The molecule has 0 saturated carbocycles. The minimum Gasteiger partial charge on any atom is -0.368 e. The van der Waals surface area contributed by atoms with Crippen LogP contribution in [0, 0.1) is 0 Å². The predicted octanol–water partition coefficient (Wildman–Crippen LogP) is 0.660. The third kappa shape index (κ3) is 2.58. The SMILES string of the molecule is CN(C)C(=O)N1CCN(c2ccc3[nH]c(=O)[nH]c3c2)CC1. The average Bonchev–Trinajstić information content (AvgIpc) is 2.85. The van der Waals surface area contributed by atoms with E-state index in [9.17, 15) is 9.59 Å². The van der Waals surface area contributed by atoms with Crippen LogP contribution in [-0.2, 0) is 0 Å². The lowest BCUT2D eigenvalue weighted by molar-refractivity contribution is 0.168. The van der Waals surface area contributed by atoms with Crippen molar-refractivity contribution in [1.82, 2.24) is 19.8 Å². The molecule has 1 aliphatic rings. The Morgan fingerprint density at radius 1 is 1.10 bits per heavy atom. The van der Waals surface area contributed by atoms with Gasteiger partial charge >= 0.3 is 11.7 Å². The number of nitrogens with zero attached hydrogens (tertiary/aromatic N) is 3. The highest BCUT2D eigenvalue weighted by Crippen LogP contribution is 2.20. The van der Waals surface area contributed by atoms with E-state index in [1.165, 1.54) is 0 Å². The molecule has 7 heteroatoms. The van der Waals surface area contributed by atoms with Gasteiger partial charge in [-0.2, -0.15) is 0 Å². The summed E-state index contributed by atoms with van der Waals surface area (Å²) < 4.78 is 0. The summed E-state index contributed by atoms with van der Waals surface area (Å²) in [4.78, 5) is 34.4. The molecule has 1 fully saturated rings. The van der Waals surface area contributed by atoms with Crippen molar-refractivity contribution in [2.45, 2.75) is 0 Å². The molecule has 0 aliphatic carbocycles. The van der Waals surface area contributed by atoms with Crippen LogP contribution in [-0.4, -0.2) is 66.1 Å². The van der Waals surface area contributed by atoms with Gasteiger partial charge in [-0.15, -0.1) is 0 Å². The lowest BCUT2D eigenvalue weighted by atomic mass is 10.2. The smallest absolute Gasteiger partial charge is 0.323 e. The molecule has 112 valence electrons. The van der Waals surface area contributed by atoms with Crippen LogP contribution in [0.5, 0.6) is 0 Å². The van der Waals surface area contributed by atoms with Crippen LogP contribution < -0.4 is 10.6 Å². The summed E-state index contributed by atoms with van der Waals surface area (Å²) in [5, 5.41) is 0. The number of urea groups is 1. The monoisotopic (exact) mass is 289 g/mol. The number of imidazole rings is 1. The molecule has 0 radical (unpaired) electrons. The van der Waals surface area contributed by atoms with Crippen molar-refractivity contribution in [1.29, 1.82) is 0 Å². The van der Waals surface area contributed by atoms with Crippen LogP contribution in [0.25, 0.3) is 11.0 Å². The molecule has 0 spiro atoms. The number of rotatable bonds is 1. The first kappa shape index (κ1) is 13.5. The zero-order chi connectivity index (χ0) is 15.0. The maximum atomic E-state index is 11.9. The number of hydrogen-bond donors (Lipinski definition) is 2. The minimum absolute atomic E-state index is 0.0556. The van der Waals surface area contributed by atoms with Gasteiger partial charge in [-0.1, -0.05) is 0 Å². The third-order valence-electron chi connectivity index (χ3n) is 3.80. The van der Waals surface area contributed by atoms with E-state index in [-0.39, 0.29) is 11.7 Å². The quantitative estimate of drug-likeness (QED) is 0.810. The van der Waals surface area contributed by atoms with E-state index < -0.39 is 0 Å². The number of hydrogen-bond acceptors (Lipinski definition) is 3. The molecule has 1 saturated heterocycles. The highest BCUT2D eigenvalue weighted by atomic mass is 16.2. The minimum atomic E-state index is -0.191. The molecule has 7 nitrogen and oxygen atoms in total. The van der Waals surface area contributed by atoms with Gasteiger partial charge in [0.1, 0.15) is 0 Å². The number of piperazine rings is 1. The summed E-state index contributed by atoms with van der Waals surface area (Å²) >= 11 is 0. The highest BCUT2D eigenvalue weighted by molar-refractivity contribution is 5.79. The summed E-state index contributed by atoms with van der Waals surface area (Å²) in [6, 6.07) is 5.92. The van der Waals surface area contributed by atoms with Crippen LogP contribution in [0.3, 0.4) is 0 Å². The summed E-state index contributed by atoms with van der Waals surface area (Å²) in [5.41, 5.74) is 2.49. The number of benzene rings is 1. The Balaban J connectivity index is 1.73. The molecule has 0 unspecified atom stereocenters. The van der Waals surface area contributed by atoms with Crippen molar-refractivity contribution in [2.75, 3.05) is 45.2 Å². The molecular formula is C14H19N5O2. The second kappa shape index (κ2) is 5.16. The van der Waals surface area contributed by atoms with Gasteiger partial charge in [0.2, 0.25) is 0 Å². The fraction of sp³-hybridized carbons (Fsp3) is 0.429. The summed E-state index contributed by atoms with van der Waals surface area (Å²) in [6.45, 7) is 3.00. The molecule has 1 aromatic heterocycles. The number of aromatic nitrogens is 2. The number of carbonyl (C=O) groups is 1. The van der Waals surface area contributed by atoms with Gasteiger partial charge in [0.15, 0.2) is 0 Å². The van der Waals surface area contributed by atoms with Gasteiger partial charge < -0.3 is 24.7 Å². The Morgan fingerprint density at radius 3 is 2.43 bits per heavy atom. The van der Waals surface area contributed by atoms with Gasteiger partial charge in [-0.3, -0.25) is 0 Å². The number of anilines is 1. The van der Waals surface area contributed by atoms with Crippen LogP contribution in [0.1, 0.15) is 0 Å². The van der Waals surface area contributed by atoms with Crippen molar-refractivity contribution in [3.05, 3.63) is 28.7 Å². The molecular weight excluding hydrogens is 270 g/mol. The van der Waals surface area contributed by atoms with Crippen LogP contribution in [0.4, 0.5) is 10.5 Å². The Labute approximate surface area is 122 Å². The number of fused-ring (bicyclic) bond motifs is 1. The number of H-pyrrole nitrogens is 2. The largest absolute Gasteiger partial charge is 0.368 e. The molecule has 2 N–H and O–H groups in total. The number of aromatic amines is 2. The van der Waals surface area contributed by atoms with Gasteiger partial charge in [0.05, 0.1) is 11.0 Å². The van der Waals surface area contributed by atoms with E-state index in [2.05, 4.69) is 14.9 Å². The van der Waals surface area contributed by atoms with Crippen molar-refractivity contribution in [3.8, 4) is 0 Å². The van der Waals surface area contributed by atoms with Crippen molar-refractivity contribution in [3.63, 3.8) is 0 Å². The van der Waals surface area contributed by atoms with Crippen LogP contribution in [0.2, 0.25) is 0 Å². The Bertz CT molecular complexity index is 709. The molecule has 21 heavy (non-hydrogen) atoms. The van der Waals surface area contributed by atoms with E-state index in [1.54, 1.807) is 19.0 Å². The first-order chi connectivity index (χ1) is 10.0. The lowest BCUT2D eigenvalue weighted by Crippen LogP contribution is -2.51. The van der Waals surface area contributed by atoms with Gasteiger partial charge in [0.25, 0.3) is 0 Å². The highest BCUT2D eigenvalue weighted by Gasteiger charge is 2.22. The van der Waals surface area contributed by atoms with Gasteiger partial charge in [-0.25, -0.2) is 9.59 Å². The number of carbonyl (C=O) groups excluding carboxylic acids is 1. The first-order valence-corrected chi connectivity index (χ1v) is 6.98. The summed E-state index contributed by atoms with van der Waals surface area (Å²) in [5.74, 6) is 0. The molecule has 2 heterocycles. The Hall–Kier alpha value is -2.44. The zero-order valence-corrected chi connectivity index (χ0v) is 12.2. The lowest BCUT2D eigenvalue weighted by Gasteiger charge is -2.37. The van der Waals surface area contributed by atoms with Crippen molar-refractivity contribution >= 4 is 22.8 Å². The second-order valence-electron chi connectivity index (χ2n) is 5.46. The average molecular weight is 289 g/mol. The fourth-order valence-electron chi connectivity index (χ4n) is 2.66. The molecule has 1 aromatic carbocycles. The van der Waals surface area contributed by atoms with Crippen LogP contribution in [0.15, 0.2) is 23.0 Å². The fourth-order valence-corrected chi connectivity index (χ4v) is 2.66. The maximum Gasteiger partial charge on any atom is 0.323 e. The standard InChI is InChI=1S/C14H19N5O2/c1-17(2)14(21)19-7-5-18(6-8-19)10-3-4-11-12(9-10)16-13(20)15-11/h3-4,9H,5-8H2,1-2H3,(H2,15,16,20). The Morgan fingerprint density at radius 2 is 1.76 bits per heavy atom. The van der Waals surface area contributed by atoms with Crippen LogP contribution >= 0.6 is 0 Å². The van der Waals surface area contributed by atoms with E-state index in [0.29, 0.717) is 13.1 Å². The first-order valence-electron chi connectivity index (χ1n) is 6.98. The zero-order valence-electron chi connectivity index (χ0n) is 12.2. The number of amides is 2. The second-order valence-corrected chi connectivity index (χ2v) is 5.46. The van der Waals surface area contributed by atoms with E-state index in [4.69, 9.17) is 0 Å². The molecule has 0 atom stereocenters. The van der Waals surface area contributed by atoms with Crippen molar-refractivity contribution < 1.29 is 4.79 Å². The van der Waals surface area contributed by atoms with E-state index >= 15 is 0 Å². The molecule has 2 aromatic rings. The van der Waals surface area contributed by atoms with E-state index in [0.717, 1.165) is 29.8 Å². The van der Waals surface area contributed by atoms with Crippen molar-refractivity contribution in [2.24, 2.45) is 0 Å². The normalized spacial score (nSPS) is 15.5. The summed E-state index contributed by atoms with van der Waals surface area (Å²) in [7, 11) is 3.54. The van der Waals surface area contributed by atoms with Gasteiger partial charge in [-0.05, 0) is 18.2 Å². The van der Waals surface area contributed by atoms with Gasteiger partial charge in [0, 0.05) is 46.0 Å².